The summed E-state index contributed by atoms with van der Waals surface area (Å²) < 4.78 is 0. The van der Waals surface area contributed by atoms with E-state index in [-0.39, 0.29) is 5.91 Å². The van der Waals surface area contributed by atoms with Gasteiger partial charge in [-0.1, -0.05) is 6.07 Å². The zero-order valence-corrected chi connectivity index (χ0v) is 9.98. The van der Waals surface area contributed by atoms with Crippen LogP contribution in [0.25, 0.3) is 0 Å². The van der Waals surface area contributed by atoms with E-state index in [0.717, 1.165) is 31.1 Å². The molecule has 4 heteroatoms. The summed E-state index contributed by atoms with van der Waals surface area (Å²) in [7, 11) is 0. The van der Waals surface area contributed by atoms with E-state index in [1.54, 1.807) is 6.20 Å². The molecule has 1 aromatic rings. The predicted molar refractivity (Wildman–Crippen MR) is 66.5 cm³/mol. The molecule has 0 unspecified atom stereocenters. The lowest BCUT2D eigenvalue weighted by molar-refractivity contribution is -0.120. The van der Waals surface area contributed by atoms with Crippen LogP contribution in [0, 0.1) is 5.92 Å². The van der Waals surface area contributed by atoms with Gasteiger partial charge in [0.15, 0.2) is 0 Å². The van der Waals surface area contributed by atoms with Gasteiger partial charge in [0.2, 0.25) is 5.91 Å². The highest BCUT2D eigenvalue weighted by atomic mass is 16.1. The molecule has 17 heavy (non-hydrogen) atoms. The van der Waals surface area contributed by atoms with Crippen LogP contribution in [0.2, 0.25) is 0 Å². The largest absolute Gasteiger partial charge is 0.355 e. The van der Waals surface area contributed by atoms with Crippen LogP contribution in [0.3, 0.4) is 0 Å². The molecule has 1 heterocycles. The van der Waals surface area contributed by atoms with E-state index >= 15 is 0 Å². The number of nitrogens with zero attached hydrogens (tertiary/aromatic N) is 1. The molecular formula is C13H19N3O. The summed E-state index contributed by atoms with van der Waals surface area (Å²) in [5, 5.41) is 6.05. The number of carbonyl (C=O) groups is 1. The van der Waals surface area contributed by atoms with Crippen LogP contribution in [0.1, 0.15) is 18.5 Å². The fourth-order valence-corrected chi connectivity index (χ4v) is 1.61. The van der Waals surface area contributed by atoms with E-state index < -0.39 is 0 Å². The van der Waals surface area contributed by atoms with Crippen LogP contribution in [0.4, 0.5) is 0 Å². The van der Waals surface area contributed by atoms with Crippen LogP contribution in [0.15, 0.2) is 24.4 Å². The molecule has 1 aliphatic rings. The summed E-state index contributed by atoms with van der Waals surface area (Å²) >= 11 is 0. The number of nitrogens with one attached hydrogen (secondary N) is 2. The number of rotatable bonds is 7. The molecule has 2 N–H and O–H groups in total. The first-order valence-corrected chi connectivity index (χ1v) is 6.22. The maximum Gasteiger partial charge on any atom is 0.233 e. The molecule has 1 amide bonds. The van der Waals surface area contributed by atoms with E-state index in [1.807, 2.05) is 18.2 Å². The summed E-state index contributed by atoms with van der Waals surface area (Å²) in [4.78, 5) is 15.6. The number of carbonyl (C=O) groups excluding carboxylic acids is 1. The van der Waals surface area contributed by atoms with Crippen molar-refractivity contribution in [1.82, 2.24) is 15.6 Å². The maximum absolute atomic E-state index is 11.4. The summed E-state index contributed by atoms with van der Waals surface area (Å²) in [6.07, 6.45) is 5.19. The summed E-state index contributed by atoms with van der Waals surface area (Å²) in [6.45, 7) is 2.04. The molecule has 0 aliphatic heterocycles. The monoisotopic (exact) mass is 233 g/mol. The second kappa shape index (κ2) is 6.35. The lowest BCUT2D eigenvalue weighted by Gasteiger charge is -2.05. The zero-order chi connectivity index (χ0) is 11.9. The Labute approximate surface area is 102 Å². The summed E-state index contributed by atoms with van der Waals surface area (Å²) in [6, 6.07) is 5.88. The number of hydrogen-bond donors (Lipinski definition) is 2. The van der Waals surface area contributed by atoms with Crippen molar-refractivity contribution in [3.8, 4) is 0 Å². The van der Waals surface area contributed by atoms with Crippen molar-refractivity contribution in [2.24, 2.45) is 5.92 Å². The Morgan fingerprint density at radius 2 is 2.29 bits per heavy atom. The first-order chi connectivity index (χ1) is 8.34. The van der Waals surface area contributed by atoms with Gasteiger partial charge in [-0.25, -0.2) is 0 Å². The molecule has 2 rings (SSSR count). The SMILES string of the molecule is O=C(CNCCc1ccccn1)NCC1CC1. The molecule has 0 spiro atoms. The fraction of sp³-hybridized carbons (Fsp3) is 0.538. The van der Waals surface area contributed by atoms with Crippen molar-refractivity contribution in [2.75, 3.05) is 19.6 Å². The molecule has 0 aromatic carbocycles. The Morgan fingerprint density at radius 3 is 3.00 bits per heavy atom. The van der Waals surface area contributed by atoms with E-state index in [9.17, 15) is 4.79 Å². The summed E-state index contributed by atoms with van der Waals surface area (Å²) in [5.74, 6) is 0.838. The van der Waals surface area contributed by atoms with Gasteiger partial charge in [0, 0.05) is 31.4 Å². The molecule has 4 nitrogen and oxygen atoms in total. The van der Waals surface area contributed by atoms with Gasteiger partial charge in [-0.3, -0.25) is 9.78 Å². The molecule has 92 valence electrons. The van der Waals surface area contributed by atoms with Gasteiger partial charge in [0.05, 0.1) is 6.54 Å². The number of pyridine rings is 1. The quantitative estimate of drug-likeness (QED) is 0.683. The Morgan fingerprint density at radius 1 is 1.41 bits per heavy atom. The molecule has 0 saturated heterocycles. The van der Waals surface area contributed by atoms with Crippen LogP contribution in [0.5, 0.6) is 0 Å². The molecule has 0 atom stereocenters. The van der Waals surface area contributed by atoms with Crippen molar-refractivity contribution in [3.05, 3.63) is 30.1 Å². The highest BCUT2D eigenvalue weighted by Gasteiger charge is 2.21. The number of amides is 1. The third-order valence-corrected chi connectivity index (χ3v) is 2.85. The van der Waals surface area contributed by atoms with Crippen LogP contribution in [-0.2, 0) is 11.2 Å². The van der Waals surface area contributed by atoms with Crippen LogP contribution >= 0.6 is 0 Å². The average molecular weight is 233 g/mol. The molecule has 1 aromatic heterocycles. The van der Waals surface area contributed by atoms with Crippen LogP contribution < -0.4 is 10.6 Å². The minimum Gasteiger partial charge on any atom is -0.355 e. The van der Waals surface area contributed by atoms with Crippen molar-refractivity contribution in [1.29, 1.82) is 0 Å². The van der Waals surface area contributed by atoms with Gasteiger partial charge >= 0.3 is 0 Å². The van der Waals surface area contributed by atoms with E-state index in [1.165, 1.54) is 12.8 Å². The smallest absolute Gasteiger partial charge is 0.233 e. The van der Waals surface area contributed by atoms with Crippen LogP contribution in [-0.4, -0.2) is 30.5 Å². The highest BCUT2D eigenvalue weighted by Crippen LogP contribution is 2.27. The second-order valence-corrected chi connectivity index (χ2v) is 4.50. The number of aromatic nitrogens is 1. The third kappa shape index (κ3) is 4.95. The molecular weight excluding hydrogens is 214 g/mol. The molecule has 1 aliphatic carbocycles. The normalized spacial score (nSPS) is 14.6. The van der Waals surface area contributed by atoms with Gasteiger partial charge in [-0.15, -0.1) is 0 Å². The molecule has 1 saturated carbocycles. The third-order valence-electron chi connectivity index (χ3n) is 2.85. The van der Waals surface area contributed by atoms with E-state index in [0.29, 0.717) is 6.54 Å². The minimum absolute atomic E-state index is 0.0953. The lowest BCUT2D eigenvalue weighted by atomic mass is 10.3. The Kier molecular flexibility index (Phi) is 4.50. The standard InChI is InChI=1S/C13H19N3O/c17-13(16-9-11-4-5-11)10-14-8-6-12-3-1-2-7-15-12/h1-3,7,11,14H,4-6,8-10H2,(H,16,17). The Balaban J connectivity index is 1.51. The van der Waals surface area contributed by atoms with Gasteiger partial charge in [0.1, 0.15) is 0 Å². The highest BCUT2D eigenvalue weighted by molar-refractivity contribution is 5.77. The van der Waals surface area contributed by atoms with Gasteiger partial charge in [0.25, 0.3) is 0 Å². The van der Waals surface area contributed by atoms with E-state index in [2.05, 4.69) is 15.6 Å². The number of hydrogen-bond acceptors (Lipinski definition) is 3. The zero-order valence-electron chi connectivity index (χ0n) is 9.98. The Hall–Kier alpha value is -1.42. The topological polar surface area (TPSA) is 54.0 Å². The Bertz CT molecular complexity index is 349. The van der Waals surface area contributed by atoms with Gasteiger partial charge < -0.3 is 10.6 Å². The van der Waals surface area contributed by atoms with Crippen molar-refractivity contribution >= 4 is 5.91 Å². The predicted octanol–water partition coefficient (Wildman–Crippen LogP) is 0.740. The van der Waals surface area contributed by atoms with Gasteiger partial charge in [-0.05, 0) is 30.9 Å². The molecule has 0 radical (unpaired) electrons. The lowest BCUT2D eigenvalue weighted by Crippen LogP contribution is -2.35. The van der Waals surface area contributed by atoms with Crippen molar-refractivity contribution in [2.45, 2.75) is 19.3 Å². The average Bonchev–Trinajstić information content (AvgIpc) is 3.17. The minimum atomic E-state index is 0.0953. The van der Waals surface area contributed by atoms with Crippen molar-refractivity contribution < 1.29 is 4.79 Å². The fourth-order valence-electron chi connectivity index (χ4n) is 1.61. The second-order valence-electron chi connectivity index (χ2n) is 4.50. The van der Waals surface area contributed by atoms with E-state index in [4.69, 9.17) is 0 Å². The molecule has 1 fully saturated rings. The first-order valence-electron chi connectivity index (χ1n) is 6.22. The summed E-state index contributed by atoms with van der Waals surface area (Å²) in [5.41, 5.74) is 1.05. The maximum atomic E-state index is 11.4. The molecule has 0 bridgehead atoms. The van der Waals surface area contributed by atoms with Crippen molar-refractivity contribution in [3.63, 3.8) is 0 Å². The van der Waals surface area contributed by atoms with Gasteiger partial charge in [-0.2, -0.15) is 0 Å². The first kappa shape index (κ1) is 12.0.